The predicted molar refractivity (Wildman–Crippen MR) is 85.1 cm³/mol. The number of hydrogen-bond acceptors (Lipinski definition) is 2. The molecule has 1 unspecified atom stereocenters. The van der Waals surface area contributed by atoms with Crippen molar-refractivity contribution in [2.24, 2.45) is 0 Å². The number of aryl methyl sites for hydroxylation is 1. The zero-order chi connectivity index (χ0) is 13.1. The van der Waals surface area contributed by atoms with E-state index in [0.717, 1.165) is 10.2 Å². The quantitative estimate of drug-likeness (QED) is 0.609. The number of hydrogen-bond donors (Lipinski definition) is 0. The molecule has 96 valence electrons. The van der Waals surface area contributed by atoms with Crippen LogP contribution in [0.4, 0.5) is 0 Å². The second kappa shape index (κ2) is 6.22. The van der Waals surface area contributed by atoms with Gasteiger partial charge in [0.15, 0.2) is 0 Å². The van der Waals surface area contributed by atoms with Crippen LogP contribution in [-0.2, 0) is 0 Å². The third-order valence-electron chi connectivity index (χ3n) is 2.72. The molecule has 1 atom stereocenters. The van der Waals surface area contributed by atoms with Gasteiger partial charge < -0.3 is 4.74 Å². The first-order valence-electron chi connectivity index (χ1n) is 5.72. The largest absolute Gasteiger partial charge is 0.494 e. The smallest absolute Gasteiger partial charge is 0.120 e. The van der Waals surface area contributed by atoms with Crippen LogP contribution in [0.15, 0.2) is 33.4 Å². The van der Waals surface area contributed by atoms with Crippen molar-refractivity contribution >= 4 is 43.2 Å². The highest BCUT2D eigenvalue weighted by molar-refractivity contribution is 9.11. The van der Waals surface area contributed by atoms with Gasteiger partial charge in [0.05, 0.1) is 11.4 Å². The van der Waals surface area contributed by atoms with Crippen LogP contribution in [0.1, 0.15) is 28.4 Å². The summed E-state index contributed by atoms with van der Waals surface area (Å²) in [5.74, 6) is 0.898. The summed E-state index contributed by atoms with van der Waals surface area (Å²) in [7, 11) is 0. The third-order valence-corrected chi connectivity index (χ3v) is 5.28. The fourth-order valence-corrected chi connectivity index (χ4v) is 4.61. The minimum absolute atomic E-state index is 0.216. The average molecular weight is 390 g/mol. The second-order valence-electron chi connectivity index (χ2n) is 3.99. The van der Waals surface area contributed by atoms with Crippen molar-refractivity contribution in [2.45, 2.75) is 18.7 Å². The van der Waals surface area contributed by atoms with Crippen LogP contribution in [0.3, 0.4) is 0 Å². The molecule has 1 nitrogen and oxygen atoms in total. The minimum Gasteiger partial charge on any atom is -0.494 e. The van der Waals surface area contributed by atoms with E-state index in [-0.39, 0.29) is 4.83 Å². The summed E-state index contributed by atoms with van der Waals surface area (Å²) in [6.07, 6.45) is 0. The number of alkyl halides is 1. The molecule has 1 aromatic carbocycles. The molecule has 2 rings (SSSR count). The molecule has 4 heteroatoms. The molecule has 0 aliphatic rings. The fraction of sp³-hybridized carbons (Fsp3) is 0.286. The normalized spacial score (nSPS) is 12.4. The Morgan fingerprint density at radius 1 is 1.28 bits per heavy atom. The topological polar surface area (TPSA) is 9.23 Å². The van der Waals surface area contributed by atoms with E-state index in [2.05, 4.69) is 55.6 Å². The molecule has 0 amide bonds. The molecular formula is C14H14Br2OS. The van der Waals surface area contributed by atoms with E-state index in [9.17, 15) is 0 Å². The number of rotatable bonds is 4. The van der Waals surface area contributed by atoms with Crippen LogP contribution in [0.25, 0.3) is 0 Å². The maximum absolute atomic E-state index is 5.49. The molecular weight excluding hydrogens is 376 g/mol. The van der Waals surface area contributed by atoms with Gasteiger partial charge in [-0.15, -0.1) is 0 Å². The monoisotopic (exact) mass is 388 g/mol. The van der Waals surface area contributed by atoms with Gasteiger partial charge in [0.1, 0.15) is 5.75 Å². The predicted octanol–water partition coefficient (Wildman–Crippen LogP) is 5.70. The first-order chi connectivity index (χ1) is 8.63. The zero-order valence-corrected chi connectivity index (χ0v) is 14.2. The minimum atomic E-state index is 0.216. The van der Waals surface area contributed by atoms with Gasteiger partial charge >= 0.3 is 0 Å². The van der Waals surface area contributed by atoms with Crippen molar-refractivity contribution in [2.75, 3.05) is 6.61 Å². The molecule has 0 saturated carbocycles. The summed E-state index contributed by atoms with van der Waals surface area (Å²) in [5, 5.41) is 4.36. The van der Waals surface area contributed by atoms with E-state index in [1.54, 1.807) is 11.3 Å². The lowest BCUT2D eigenvalue weighted by molar-refractivity contribution is 0.340. The average Bonchev–Trinajstić information content (AvgIpc) is 2.75. The molecule has 0 aliphatic carbocycles. The first-order valence-corrected chi connectivity index (χ1v) is 8.37. The lowest BCUT2D eigenvalue weighted by Gasteiger charge is -2.13. The maximum atomic E-state index is 5.49. The highest BCUT2D eigenvalue weighted by atomic mass is 79.9. The lowest BCUT2D eigenvalue weighted by Crippen LogP contribution is -1.96. The standard InChI is InChI=1S/C14H14Br2OS/c1-3-17-10-4-5-11(13(15)6-10)14(16)12-8-18-7-9(12)2/h4-8,14H,3H2,1-2H3. The number of halogens is 2. The van der Waals surface area contributed by atoms with E-state index in [1.807, 2.05) is 19.1 Å². The molecule has 0 aliphatic heterocycles. The zero-order valence-electron chi connectivity index (χ0n) is 10.2. The number of ether oxygens (including phenoxy) is 1. The molecule has 0 radical (unpaired) electrons. The van der Waals surface area contributed by atoms with Crippen LogP contribution in [0.5, 0.6) is 5.75 Å². The van der Waals surface area contributed by atoms with E-state index in [0.29, 0.717) is 6.61 Å². The Labute approximate surface area is 128 Å². The number of thiophene rings is 1. The highest BCUT2D eigenvalue weighted by Gasteiger charge is 2.16. The number of benzene rings is 1. The van der Waals surface area contributed by atoms with Crippen LogP contribution in [0.2, 0.25) is 0 Å². The Hall–Kier alpha value is -0.320. The molecule has 18 heavy (non-hydrogen) atoms. The van der Waals surface area contributed by atoms with E-state index >= 15 is 0 Å². The Balaban J connectivity index is 2.31. The summed E-state index contributed by atoms with van der Waals surface area (Å²) in [6.45, 7) is 4.82. The van der Waals surface area contributed by atoms with Crippen LogP contribution >= 0.6 is 43.2 Å². The molecule has 0 bridgehead atoms. The van der Waals surface area contributed by atoms with Crippen molar-refractivity contribution < 1.29 is 4.74 Å². The van der Waals surface area contributed by atoms with Crippen molar-refractivity contribution in [3.05, 3.63) is 50.1 Å². The summed E-state index contributed by atoms with van der Waals surface area (Å²) < 4.78 is 6.56. The molecule has 1 heterocycles. The Kier molecular flexibility index (Phi) is 4.87. The summed E-state index contributed by atoms with van der Waals surface area (Å²) in [4.78, 5) is 0.216. The van der Waals surface area contributed by atoms with E-state index in [1.165, 1.54) is 16.7 Å². The molecule has 0 N–H and O–H groups in total. The Bertz CT molecular complexity index is 536. The molecule has 1 aromatic heterocycles. The fourth-order valence-electron chi connectivity index (χ4n) is 1.77. The lowest BCUT2D eigenvalue weighted by atomic mass is 10.0. The van der Waals surface area contributed by atoms with Gasteiger partial charge in [0.2, 0.25) is 0 Å². The van der Waals surface area contributed by atoms with Gasteiger partial charge in [-0.3, -0.25) is 0 Å². The maximum Gasteiger partial charge on any atom is 0.120 e. The first kappa shape index (κ1) is 14.1. The third kappa shape index (κ3) is 2.98. The van der Waals surface area contributed by atoms with Gasteiger partial charge in [-0.2, -0.15) is 11.3 Å². The SMILES string of the molecule is CCOc1ccc(C(Br)c2cscc2C)c(Br)c1. The van der Waals surface area contributed by atoms with Gasteiger partial charge in [-0.25, -0.2) is 0 Å². The van der Waals surface area contributed by atoms with Crippen LogP contribution in [0, 0.1) is 6.92 Å². The molecule has 2 aromatic rings. The second-order valence-corrected chi connectivity index (χ2v) is 6.50. The van der Waals surface area contributed by atoms with Gasteiger partial charge in [-0.1, -0.05) is 37.9 Å². The van der Waals surface area contributed by atoms with Gasteiger partial charge in [0.25, 0.3) is 0 Å². The van der Waals surface area contributed by atoms with E-state index in [4.69, 9.17) is 4.74 Å². The van der Waals surface area contributed by atoms with Crippen LogP contribution < -0.4 is 4.74 Å². The summed E-state index contributed by atoms with van der Waals surface area (Å²) in [6, 6.07) is 6.14. The van der Waals surface area contributed by atoms with Crippen molar-refractivity contribution in [3.8, 4) is 5.75 Å². The Morgan fingerprint density at radius 3 is 2.61 bits per heavy atom. The molecule has 0 spiro atoms. The van der Waals surface area contributed by atoms with Crippen molar-refractivity contribution in [1.82, 2.24) is 0 Å². The molecule has 0 fully saturated rings. The van der Waals surface area contributed by atoms with E-state index < -0.39 is 0 Å². The highest BCUT2D eigenvalue weighted by Crippen LogP contribution is 2.39. The van der Waals surface area contributed by atoms with Gasteiger partial charge in [-0.05, 0) is 53.4 Å². The molecule has 0 saturated heterocycles. The van der Waals surface area contributed by atoms with Crippen LogP contribution in [-0.4, -0.2) is 6.61 Å². The van der Waals surface area contributed by atoms with Crippen molar-refractivity contribution in [3.63, 3.8) is 0 Å². The summed E-state index contributed by atoms with van der Waals surface area (Å²) in [5.41, 5.74) is 3.87. The van der Waals surface area contributed by atoms with Gasteiger partial charge in [0, 0.05) is 4.47 Å². The summed E-state index contributed by atoms with van der Waals surface area (Å²) >= 11 is 9.13. The van der Waals surface area contributed by atoms with Crippen molar-refractivity contribution in [1.29, 1.82) is 0 Å². The Morgan fingerprint density at radius 2 is 2.06 bits per heavy atom.